The number of rotatable bonds is 3. The molecule has 0 saturated carbocycles. The molecule has 1 heterocycles. The van der Waals surface area contributed by atoms with E-state index in [2.05, 4.69) is 18.7 Å². The summed E-state index contributed by atoms with van der Waals surface area (Å²) in [5, 5.41) is 0.523. The zero-order valence-corrected chi connectivity index (χ0v) is 20.7. The van der Waals surface area contributed by atoms with E-state index in [1.165, 1.54) is 4.90 Å². The second-order valence-corrected chi connectivity index (χ2v) is 9.30. The topological polar surface area (TPSA) is 43.9 Å². The molecular formula is C26H32ClF2N3O2. The van der Waals surface area contributed by atoms with Crippen molar-refractivity contribution in [2.24, 2.45) is 0 Å². The number of benzene rings is 2. The third-order valence-corrected chi connectivity index (χ3v) is 6.44. The number of halogens is 3. The number of hydrogen-bond acceptors (Lipinski definition) is 3. The van der Waals surface area contributed by atoms with E-state index < -0.39 is 11.6 Å². The third kappa shape index (κ3) is 6.33. The van der Waals surface area contributed by atoms with Gasteiger partial charge in [0.2, 0.25) is 5.91 Å². The van der Waals surface area contributed by atoms with Gasteiger partial charge in [0.15, 0.2) is 11.6 Å². The molecule has 0 bridgehead atoms. The van der Waals surface area contributed by atoms with Crippen molar-refractivity contribution < 1.29 is 18.4 Å². The first-order valence-corrected chi connectivity index (χ1v) is 12.2. The minimum absolute atomic E-state index is 0.0587. The van der Waals surface area contributed by atoms with Crippen LogP contribution in [0.2, 0.25) is 5.02 Å². The summed E-state index contributed by atoms with van der Waals surface area (Å²) in [4.78, 5) is 31.7. The van der Waals surface area contributed by atoms with Gasteiger partial charge in [0, 0.05) is 61.8 Å². The minimum atomic E-state index is -1.01. The van der Waals surface area contributed by atoms with Crippen molar-refractivity contribution in [1.29, 1.82) is 0 Å². The van der Waals surface area contributed by atoms with E-state index in [0.29, 0.717) is 47.4 Å². The van der Waals surface area contributed by atoms with Gasteiger partial charge in [0.1, 0.15) is 0 Å². The Morgan fingerprint density at radius 1 is 0.971 bits per heavy atom. The zero-order chi connectivity index (χ0) is 24.8. The van der Waals surface area contributed by atoms with E-state index >= 15 is 0 Å². The van der Waals surface area contributed by atoms with Gasteiger partial charge in [-0.3, -0.25) is 9.59 Å². The highest BCUT2D eigenvalue weighted by Crippen LogP contribution is 2.28. The average Bonchev–Trinajstić information content (AvgIpc) is 2.80. The highest BCUT2D eigenvalue weighted by molar-refractivity contribution is 6.30. The molecule has 2 amide bonds. The highest BCUT2D eigenvalue weighted by Gasteiger charge is 2.25. The number of nitrogens with zero attached hydrogens (tertiary/aromatic N) is 3. The van der Waals surface area contributed by atoms with Gasteiger partial charge in [0.25, 0.3) is 5.91 Å². The molecule has 8 heteroatoms. The van der Waals surface area contributed by atoms with Crippen molar-refractivity contribution >= 4 is 29.1 Å². The second-order valence-electron chi connectivity index (χ2n) is 8.86. The average molecular weight is 492 g/mol. The van der Waals surface area contributed by atoms with Crippen LogP contribution in [0.1, 0.15) is 56.0 Å². The van der Waals surface area contributed by atoms with Gasteiger partial charge in [0.05, 0.1) is 5.69 Å². The lowest BCUT2D eigenvalue weighted by atomic mass is 10.1. The molecule has 2 aromatic rings. The van der Waals surface area contributed by atoms with E-state index in [4.69, 9.17) is 11.6 Å². The predicted octanol–water partition coefficient (Wildman–Crippen LogP) is 5.51. The van der Waals surface area contributed by atoms with Crippen molar-refractivity contribution in [1.82, 2.24) is 9.80 Å². The molecule has 184 valence electrons. The normalized spacial score (nSPS) is 16.1. The summed E-state index contributed by atoms with van der Waals surface area (Å²) in [6.07, 6.45) is 1.67. The molecule has 0 radical (unpaired) electrons. The first-order chi connectivity index (χ1) is 16.2. The Labute approximate surface area is 205 Å². The Kier molecular flexibility index (Phi) is 9.03. The smallest absolute Gasteiger partial charge is 0.254 e. The fraction of sp³-hybridized carbons (Fsp3) is 0.462. The Hall–Kier alpha value is -2.51. The molecular weight excluding hydrogens is 460 g/mol. The van der Waals surface area contributed by atoms with E-state index in [0.717, 1.165) is 31.6 Å². The molecule has 1 aliphatic rings. The molecule has 0 aliphatic carbocycles. The van der Waals surface area contributed by atoms with Crippen LogP contribution < -0.4 is 4.90 Å². The van der Waals surface area contributed by atoms with Crippen molar-refractivity contribution in [2.75, 3.05) is 31.1 Å². The molecule has 0 saturated heterocycles. The summed E-state index contributed by atoms with van der Waals surface area (Å²) in [6.45, 7) is 8.40. The highest BCUT2D eigenvalue weighted by atomic mass is 35.5. The quantitative estimate of drug-likeness (QED) is 0.568. The summed E-state index contributed by atoms with van der Waals surface area (Å²) in [7, 11) is 0. The molecule has 0 spiro atoms. The molecule has 2 aromatic carbocycles. The molecule has 0 aromatic heterocycles. The minimum Gasteiger partial charge on any atom is -0.334 e. The van der Waals surface area contributed by atoms with Crippen LogP contribution in [-0.2, 0) is 11.3 Å². The summed E-state index contributed by atoms with van der Waals surface area (Å²) in [5.41, 5.74) is 1.18. The molecule has 0 atom stereocenters. The summed E-state index contributed by atoms with van der Waals surface area (Å²) >= 11 is 5.98. The van der Waals surface area contributed by atoms with Crippen LogP contribution in [0.15, 0.2) is 36.4 Å². The SMILES string of the molecule is CCC(=O)N1CCCN(C(C)C)CCCN(C(=O)c2ccc(Cl)cc2)Cc2cc(F)c(F)cc21. The number of amides is 2. The van der Waals surface area contributed by atoms with Crippen LogP contribution in [-0.4, -0.2) is 53.8 Å². The van der Waals surface area contributed by atoms with Gasteiger partial charge in [-0.2, -0.15) is 0 Å². The van der Waals surface area contributed by atoms with Crippen molar-refractivity contribution in [3.8, 4) is 0 Å². The van der Waals surface area contributed by atoms with Gasteiger partial charge in [-0.25, -0.2) is 8.78 Å². The van der Waals surface area contributed by atoms with Crippen LogP contribution in [0.5, 0.6) is 0 Å². The molecule has 34 heavy (non-hydrogen) atoms. The van der Waals surface area contributed by atoms with E-state index in [9.17, 15) is 18.4 Å². The molecule has 0 unspecified atom stereocenters. The third-order valence-electron chi connectivity index (χ3n) is 6.19. The van der Waals surface area contributed by atoms with Crippen molar-refractivity contribution in [3.05, 3.63) is 64.2 Å². The van der Waals surface area contributed by atoms with E-state index in [-0.39, 0.29) is 24.8 Å². The van der Waals surface area contributed by atoms with E-state index in [1.807, 2.05) is 0 Å². The maximum Gasteiger partial charge on any atom is 0.254 e. The zero-order valence-electron chi connectivity index (χ0n) is 20.0. The van der Waals surface area contributed by atoms with Crippen molar-refractivity contribution in [3.63, 3.8) is 0 Å². The molecule has 0 fully saturated rings. The van der Waals surface area contributed by atoms with Crippen LogP contribution in [0.25, 0.3) is 0 Å². The monoisotopic (exact) mass is 491 g/mol. The Morgan fingerprint density at radius 3 is 2.21 bits per heavy atom. The van der Waals surface area contributed by atoms with Gasteiger partial charge in [-0.1, -0.05) is 18.5 Å². The van der Waals surface area contributed by atoms with Crippen LogP contribution >= 0.6 is 11.6 Å². The fourth-order valence-corrected chi connectivity index (χ4v) is 4.41. The predicted molar refractivity (Wildman–Crippen MR) is 131 cm³/mol. The largest absolute Gasteiger partial charge is 0.334 e. The Bertz CT molecular complexity index is 1010. The number of anilines is 1. The van der Waals surface area contributed by atoms with Crippen LogP contribution in [0, 0.1) is 11.6 Å². The number of carbonyl (C=O) groups excluding carboxylic acids is 2. The molecule has 5 nitrogen and oxygen atoms in total. The maximum absolute atomic E-state index is 14.3. The Morgan fingerprint density at radius 2 is 1.59 bits per heavy atom. The number of hydrogen-bond donors (Lipinski definition) is 0. The Balaban J connectivity index is 2.05. The van der Waals surface area contributed by atoms with Crippen LogP contribution in [0.4, 0.5) is 14.5 Å². The van der Waals surface area contributed by atoms with E-state index in [1.54, 1.807) is 36.1 Å². The van der Waals surface area contributed by atoms with Crippen molar-refractivity contribution in [2.45, 2.75) is 52.6 Å². The summed E-state index contributed by atoms with van der Waals surface area (Å²) in [6, 6.07) is 9.09. The lowest BCUT2D eigenvalue weighted by Gasteiger charge is -2.33. The van der Waals surface area contributed by atoms with Gasteiger partial charge in [-0.15, -0.1) is 0 Å². The first kappa shape index (κ1) is 26.1. The number of fused-ring (bicyclic) bond motifs is 1. The lowest BCUT2D eigenvalue weighted by molar-refractivity contribution is -0.118. The van der Waals surface area contributed by atoms with Gasteiger partial charge >= 0.3 is 0 Å². The van der Waals surface area contributed by atoms with Gasteiger partial charge < -0.3 is 14.7 Å². The fourth-order valence-electron chi connectivity index (χ4n) is 4.28. The van der Waals surface area contributed by atoms with Gasteiger partial charge in [-0.05, 0) is 62.6 Å². The first-order valence-electron chi connectivity index (χ1n) is 11.8. The molecule has 3 rings (SSSR count). The summed E-state index contributed by atoms with van der Waals surface area (Å²) in [5.74, 6) is -2.41. The molecule has 0 N–H and O–H groups in total. The standard InChI is InChI=1S/C26H32ClF2N3O2/c1-4-25(33)32-14-6-12-30(18(2)3)11-5-13-31(26(34)19-7-9-21(27)10-8-19)17-20-15-22(28)23(29)16-24(20)32/h7-10,15-16,18H,4-6,11-14,17H2,1-3H3. The maximum atomic E-state index is 14.3. The lowest BCUT2D eigenvalue weighted by Crippen LogP contribution is -2.40. The van der Waals surface area contributed by atoms with Crippen LogP contribution in [0.3, 0.4) is 0 Å². The second kappa shape index (κ2) is 11.8. The molecule has 1 aliphatic heterocycles. The summed E-state index contributed by atoms with van der Waals surface area (Å²) < 4.78 is 28.6. The number of carbonyl (C=O) groups is 2.